The van der Waals surface area contributed by atoms with Gasteiger partial charge in [-0.05, 0) is 29.0 Å². The SMILES string of the molecule is CCn1nnnc1SCC(=O)N[C@H](Cc1c[nH]c2ccccc12)C(=O)O. The third-order valence-electron chi connectivity index (χ3n) is 3.86. The molecule has 136 valence electrons. The van der Waals surface area contributed by atoms with Gasteiger partial charge in [0, 0.05) is 30.1 Å². The van der Waals surface area contributed by atoms with Crippen molar-refractivity contribution in [3.8, 4) is 0 Å². The lowest BCUT2D eigenvalue weighted by atomic mass is 10.1. The van der Waals surface area contributed by atoms with E-state index in [0.717, 1.165) is 16.5 Å². The first-order valence-electron chi connectivity index (χ1n) is 8.04. The lowest BCUT2D eigenvalue weighted by molar-refractivity contribution is -0.141. The van der Waals surface area contributed by atoms with E-state index in [2.05, 4.69) is 25.8 Å². The molecule has 0 unspecified atom stereocenters. The number of thioether (sulfide) groups is 1. The van der Waals surface area contributed by atoms with Crippen molar-refractivity contribution in [2.75, 3.05) is 5.75 Å². The van der Waals surface area contributed by atoms with Crippen molar-refractivity contribution in [3.05, 3.63) is 36.0 Å². The van der Waals surface area contributed by atoms with Crippen molar-refractivity contribution >= 4 is 34.5 Å². The third kappa shape index (κ3) is 4.02. The second-order valence-corrected chi connectivity index (χ2v) is 6.53. The van der Waals surface area contributed by atoms with E-state index in [1.807, 2.05) is 31.2 Å². The van der Waals surface area contributed by atoms with Crippen LogP contribution in [0, 0.1) is 0 Å². The number of H-pyrrole nitrogens is 1. The maximum absolute atomic E-state index is 12.2. The van der Waals surface area contributed by atoms with Crippen LogP contribution in [0.3, 0.4) is 0 Å². The minimum absolute atomic E-state index is 0.0397. The van der Waals surface area contributed by atoms with Crippen molar-refractivity contribution in [2.45, 2.75) is 31.1 Å². The molecule has 1 atom stereocenters. The molecule has 0 spiro atoms. The summed E-state index contributed by atoms with van der Waals surface area (Å²) < 4.78 is 1.57. The van der Waals surface area contributed by atoms with Crippen LogP contribution in [0.4, 0.5) is 0 Å². The van der Waals surface area contributed by atoms with E-state index in [1.165, 1.54) is 11.8 Å². The minimum Gasteiger partial charge on any atom is -0.480 e. The van der Waals surface area contributed by atoms with Crippen LogP contribution in [0.2, 0.25) is 0 Å². The number of nitrogens with zero attached hydrogens (tertiary/aromatic N) is 4. The number of carbonyl (C=O) groups excluding carboxylic acids is 1. The Bertz CT molecular complexity index is 922. The minimum atomic E-state index is -1.08. The molecule has 2 heterocycles. The van der Waals surface area contributed by atoms with Gasteiger partial charge in [-0.1, -0.05) is 30.0 Å². The molecular formula is C16H18N6O3S. The highest BCUT2D eigenvalue weighted by atomic mass is 32.2. The van der Waals surface area contributed by atoms with Gasteiger partial charge in [-0.2, -0.15) is 0 Å². The van der Waals surface area contributed by atoms with Crippen LogP contribution in [0.5, 0.6) is 0 Å². The number of carbonyl (C=O) groups is 2. The quantitative estimate of drug-likeness (QED) is 0.504. The lowest BCUT2D eigenvalue weighted by Crippen LogP contribution is -2.43. The molecule has 0 aliphatic rings. The van der Waals surface area contributed by atoms with Crippen LogP contribution in [0.1, 0.15) is 12.5 Å². The molecule has 26 heavy (non-hydrogen) atoms. The molecule has 0 aliphatic carbocycles. The highest BCUT2D eigenvalue weighted by Crippen LogP contribution is 2.19. The molecule has 0 saturated carbocycles. The topological polar surface area (TPSA) is 126 Å². The predicted molar refractivity (Wildman–Crippen MR) is 95.8 cm³/mol. The van der Waals surface area contributed by atoms with Crippen LogP contribution < -0.4 is 5.32 Å². The van der Waals surface area contributed by atoms with E-state index < -0.39 is 12.0 Å². The summed E-state index contributed by atoms with van der Waals surface area (Å²) in [5.41, 5.74) is 1.77. The number of hydrogen-bond donors (Lipinski definition) is 3. The zero-order valence-corrected chi connectivity index (χ0v) is 14.9. The molecule has 2 aromatic heterocycles. The maximum atomic E-state index is 12.2. The Labute approximate surface area is 153 Å². The number of carboxylic acid groups (broad SMARTS) is 1. The number of para-hydroxylation sites is 1. The van der Waals surface area contributed by atoms with Gasteiger partial charge < -0.3 is 15.4 Å². The number of aromatic nitrogens is 5. The Balaban J connectivity index is 1.63. The van der Waals surface area contributed by atoms with E-state index in [1.54, 1.807) is 10.9 Å². The number of carboxylic acids is 1. The number of nitrogens with one attached hydrogen (secondary N) is 2. The number of amides is 1. The molecular weight excluding hydrogens is 356 g/mol. The second kappa shape index (κ2) is 8.00. The first-order valence-corrected chi connectivity index (χ1v) is 9.03. The zero-order chi connectivity index (χ0) is 18.5. The van der Waals surface area contributed by atoms with Crippen LogP contribution in [-0.4, -0.2) is 54.0 Å². The average Bonchev–Trinajstić information content (AvgIpc) is 3.26. The fourth-order valence-corrected chi connectivity index (χ4v) is 3.34. The molecule has 0 saturated heterocycles. The summed E-state index contributed by atoms with van der Waals surface area (Å²) in [7, 11) is 0. The summed E-state index contributed by atoms with van der Waals surface area (Å²) in [5, 5.41) is 24.7. The monoisotopic (exact) mass is 374 g/mol. The molecule has 3 aromatic rings. The summed E-state index contributed by atoms with van der Waals surface area (Å²) in [4.78, 5) is 26.8. The van der Waals surface area contributed by atoms with E-state index in [9.17, 15) is 14.7 Å². The summed E-state index contributed by atoms with van der Waals surface area (Å²) in [6.45, 7) is 2.48. The van der Waals surface area contributed by atoms with Gasteiger partial charge in [0.2, 0.25) is 11.1 Å². The molecule has 9 nitrogen and oxygen atoms in total. The van der Waals surface area contributed by atoms with Gasteiger partial charge >= 0.3 is 5.97 Å². The van der Waals surface area contributed by atoms with E-state index in [4.69, 9.17) is 0 Å². The van der Waals surface area contributed by atoms with E-state index >= 15 is 0 Å². The van der Waals surface area contributed by atoms with Gasteiger partial charge in [-0.25, -0.2) is 9.48 Å². The first-order chi connectivity index (χ1) is 12.6. The zero-order valence-electron chi connectivity index (χ0n) is 14.0. The van der Waals surface area contributed by atoms with Crippen molar-refractivity contribution in [3.63, 3.8) is 0 Å². The molecule has 0 aliphatic heterocycles. The Kier molecular flexibility index (Phi) is 5.52. The van der Waals surface area contributed by atoms with Gasteiger partial charge in [0.15, 0.2) is 0 Å². The van der Waals surface area contributed by atoms with E-state index in [-0.39, 0.29) is 18.1 Å². The predicted octanol–water partition coefficient (Wildman–Crippen LogP) is 1.08. The highest BCUT2D eigenvalue weighted by Gasteiger charge is 2.22. The van der Waals surface area contributed by atoms with Crippen LogP contribution >= 0.6 is 11.8 Å². The van der Waals surface area contributed by atoms with Gasteiger partial charge in [0.1, 0.15) is 6.04 Å². The molecule has 0 radical (unpaired) electrons. The van der Waals surface area contributed by atoms with Crippen LogP contribution in [0.25, 0.3) is 10.9 Å². The Morgan fingerprint density at radius 3 is 2.96 bits per heavy atom. The Hall–Kier alpha value is -2.88. The molecule has 10 heteroatoms. The van der Waals surface area contributed by atoms with Gasteiger partial charge in [-0.3, -0.25) is 4.79 Å². The number of aliphatic carboxylic acids is 1. The number of benzene rings is 1. The highest BCUT2D eigenvalue weighted by molar-refractivity contribution is 7.99. The van der Waals surface area contributed by atoms with Crippen LogP contribution in [-0.2, 0) is 22.6 Å². The fraction of sp³-hybridized carbons (Fsp3) is 0.312. The Morgan fingerprint density at radius 2 is 2.19 bits per heavy atom. The maximum Gasteiger partial charge on any atom is 0.326 e. The number of fused-ring (bicyclic) bond motifs is 1. The van der Waals surface area contributed by atoms with Gasteiger partial charge in [0.25, 0.3) is 0 Å². The average molecular weight is 374 g/mol. The number of rotatable bonds is 8. The van der Waals surface area contributed by atoms with Crippen molar-refractivity contribution in [1.82, 2.24) is 30.5 Å². The summed E-state index contributed by atoms with van der Waals surface area (Å²) >= 11 is 1.17. The lowest BCUT2D eigenvalue weighted by Gasteiger charge is -2.14. The van der Waals surface area contributed by atoms with Gasteiger partial charge in [0.05, 0.1) is 5.75 Å². The van der Waals surface area contributed by atoms with Crippen molar-refractivity contribution in [2.24, 2.45) is 0 Å². The summed E-state index contributed by atoms with van der Waals surface area (Å²) in [6, 6.07) is 6.62. The Morgan fingerprint density at radius 1 is 1.38 bits per heavy atom. The smallest absolute Gasteiger partial charge is 0.326 e. The largest absolute Gasteiger partial charge is 0.480 e. The van der Waals surface area contributed by atoms with Crippen LogP contribution in [0.15, 0.2) is 35.6 Å². The summed E-state index contributed by atoms with van der Waals surface area (Å²) in [5.74, 6) is -1.42. The standard InChI is InChI=1S/C16H18N6O3S/c1-2-22-16(19-20-21-22)26-9-14(23)18-13(15(24)25)7-10-8-17-12-6-4-3-5-11(10)12/h3-6,8,13,17H,2,7,9H2,1H3,(H,18,23)(H,24,25)/t13-/m1/s1. The molecule has 0 bridgehead atoms. The normalized spacial score (nSPS) is 12.2. The molecule has 1 aromatic carbocycles. The molecule has 0 fully saturated rings. The number of aryl methyl sites for hydroxylation is 1. The molecule has 1 amide bonds. The fourth-order valence-electron chi connectivity index (χ4n) is 2.58. The number of aromatic amines is 1. The third-order valence-corrected chi connectivity index (χ3v) is 4.82. The summed E-state index contributed by atoms with van der Waals surface area (Å²) in [6.07, 6.45) is 1.97. The first kappa shape index (κ1) is 17.9. The van der Waals surface area contributed by atoms with Gasteiger partial charge in [-0.15, -0.1) is 5.10 Å². The molecule has 3 N–H and O–H groups in total. The molecule has 3 rings (SSSR count). The number of hydrogen-bond acceptors (Lipinski definition) is 6. The van der Waals surface area contributed by atoms with Crippen molar-refractivity contribution < 1.29 is 14.7 Å². The van der Waals surface area contributed by atoms with Crippen molar-refractivity contribution in [1.29, 1.82) is 0 Å². The number of tetrazole rings is 1. The van der Waals surface area contributed by atoms with E-state index in [0.29, 0.717) is 11.7 Å². The second-order valence-electron chi connectivity index (χ2n) is 5.59.